The smallest absolute Gasteiger partial charge is 0.251 e. The summed E-state index contributed by atoms with van der Waals surface area (Å²) >= 11 is 9.31. The summed E-state index contributed by atoms with van der Waals surface area (Å²) in [7, 11) is 0. The van der Waals surface area contributed by atoms with E-state index in [1.807, 2.05) is 31.2 Å². The van der Waals surface area contributed by atoms with Crippen molar-refractivity contribution in [2.45, 2.75) is 19.4 Å². The van der Waals surface area contributed by atoms with Crippen molar-refractivity contribution in [3.05, 3.63) is 63.1 Å². The molecule has 110 valence electrons. The minimum atomic E-state index is -0.172. The van der Waals surface area contributed by atoms with Crippen LogP contribution in [0.5, 0.6) is 0 Å². The number of benzene rings is 2. The first kappa shape index (κ1) is 15.9. The number of anilines is 1. The van der Waals surface area contributed by atoms with Gasteiger partial charge in [0.05, 0.1) is 0 Å². The van der Waals surface area contributed by atoms with Crippen LogP contribution in [0.1, 0.15) is 22.8 Å². The second kappa shape index (κ2) is 6.96. The Morgan fingerprint density at radius 3 is 2.57 bits per heavy atom. The molecule has 0 spiro atoms. The van der Waals surface area contributed by atoms with E-state index in [9.17, 15) is 4.79 Å². The molecule has 0 heterocycles. The molecule has 0 aromatic heterocycles. The van der Waals surface area contributed by atoms with E-state index in [2.05, 4.69) is 21.2 Å². The molecule has 2 aromatic rings. The summed E-state index contributed by atoms with van der Waals surface area (Å²) in [6.07, 6.45) is 0.759. The summed E-state index contributed by atoms with van der Waals surface area (Å²) in [5, 5.41) is 3.41. The van der Waals surface area contributed by atoms with Crippen LogP contribution in [-0.2, 0) is 6.42 Å². The average molecular weight is 368 g/mol. The molecule has 0 saturated carbocycles. The summed E-state index contributed by atoms with van der Waals surface area (Å²) < 4.78 is 1.04. The molecule has 1 atom stereocenters. The molecule has 3 nitrogen and oxygen atoms in total. The molecule has 0 saturated heterocycles. The van der Waals surface area contributed by atoms with Gasteiger partial charge in [0, 0.05) is 26.8 Å². The predicted molar refractivity (Wildman–Crippen MR) is 90.6 cm³/mol. The van der Waals surface area contributed by atoms with E-state index in [-0.39, 0.29) is 11.9 Å². The summed E-state index contributed by atoms with van der Waals surface area (Å²) in [4.78, 5) is 12.2. The van der Waals surface area contributed by atoms with Gasteiger partial charge in [-0.05, 0) is 49.2 Å². The monoisotopic (exact) mass is 366 g/mol. The first-order chi connectivity index (χ1) is 9.94. The van der Waals surface area contributed by atoms with Crippen molar-refractivity contribution in [2.75, 3.05) is 5.73 Å². The zero-order valence-corrected chi connectivity index (χ0v) is 13.9. The van der Waals surface area contributed by atoms with Gasteiger partial charge in [0.25, 0.3) is 5.91 Å². The number of nitrogens with one attached hydrogen (secondary N) is 1. The highest BCUT2D eigenvalue weighted by atomic mass is 79.9. The number of nitrogens with two attached hydrogens (primary N) is 1. The number of carbonyl (C=O) groups excluding carboxylic acids is 1. The first-order valence-corrected chi connectivity index (χ1v) is 7.72. The molecule has 5 heteroatoms. The van der Waals surface area contributed by atoms with E-state index in [0.29, 0.717) is 16.3 Å². The molecule has 0 aliphatic carbocycles. The Morgan fingerprint density at radius 1 is 1.29 bits per heavy atom. The maximum absolute atomic E-state index is 12.2. The van der Waals surface area contributed by atoms with Crippen molar-refractivity contribution in [1.82, 2.24) is 5.32 Å². The predicted octanol–water partition coefficient (Wildman–Crippen LogP) is 4.05. The quantitative estimate of drug-likeness (QED) is 0.801. The molecule has 0 aliphatic rings. The largest absolute Gasteiger partial charge is 0.399 e. The Kier molecular flexibility index (Phi) is 5.26. The summed E-state index contributed by atoms with van der Waals surface area (Å²) in [5.41, 5.74) is 7.81. The SMILES string of the molecule is CC(Cc1ccc(Br)cc1)NC(=O)c1cc(N)cc(Cl)c1. The summed E-state index contributed by atoms with van der Waals surface area (Å²) in [6, 6.07) is 12.9. The standard InChI is InChI=1S/C16H16BrClN2O/c1-10(6-11-2-4-13(17)5-3-11)20-16(21)12-7-14(18)9-15(19)8-12/h2-5,7-10H,6,19H2,1H3,(H,20,21). The van der Waals surface area contributed by atoms with E-state index in [1.165, 1.54) is 0 Å². The summed E-state index contributed by atoms with van der Waals surface area (Å²) in [5.74, 6) is -0.172. The van der Waals surface area contributed by atoms with E-state index in [0.717, 1.165) is 16.5 Å². The zero-order valence-electron chi connectivity index (χ0n) is 11.6. The maximum atomic E-state index is 12.2. The number of hydrogen-bond acceptors (Lipinski definition) is 2. The van der Waals surface area contributed by atoms with Crippen LogP contribution in [0.2, 0.25) is 5.02 Å². The fraction of sp³-hybridized carbons (Fsp3) is 0.188. The van der Waals surface area contributed by atoms with Gasteiger partial charge >= 0.3 is 0 Å². The van der Waals surface area contributed by atoms with Gasteiger partial charge in [-0.1, -0.05) is 39.7 Å². The molecule has 3 N–H and O–H groups in total. The molecule has 2 rings (SSSR count). The highest BCUT2D eigenvalue weighted by Crippen LogP contribution is 2.17. The first-order valence-electron chi connectivity index (χ1n) is 6.55. The Morgan fingerprint density at radius 2 is 1.95 bits per heavy atom. The molecule has 21 heavy (non-hydrogen) atoms. The second-order valence-electron chi connectivity index (χ2n) is 4.98. The van der Waals surface area contributed by atoms with Gasteiger partial charge in [0.2, 0.25) is 0 Å². The number of nitrogen functional groups attached to an aromatic ring is 1. The Labute approximate surface area is 137 Å². The lowest BCUT2D eigenvalue weighted by Gasteiger charge is -2.14. The topological polar surface area (TPSA) is 55.1 Å². The van der Waals surface area contributed by atoms with E-state index >= 15 is 0 Å². The number of hydrogen-bond donors (Lipinski definition) is 2. The molecule has 1 amide bonds. The fourth-order valence-electron chi connectivity index (χ4n) is 2.08. The average Bonchev–Trinajstić information content (AvgIpc) is 2.40. The molecule has 0 radical (unpaired) electrons. The van der Waals surface area contributed by atoms with Gasteiger partial charge in [-0.2, -0.15) is 0 Å². The molecular weight excluding hydrogens is 352 g/mol. The zero-order chi connectivity index (χ0) is 15.4. The Hall–Kier alpha value is -1.52. The van der Waals surface area contributed by atoms with Crippen LogP contribution in [0.3, 0.4) is 0 Å². The molecule has 1 unspecified atom stereocenters. The normalized spacial score (nSPS) is 12.0. The maximum Gasteiger partial charge on any atom is 0.251 e. The Balaban J connectivity index is 2.00. The van der Waals surface area contributed by atoms with Crippen molar-refractivity contribution in [2.24, 2.45) is 0 Å². The molecule has 2 aromatic carbocycles. The van der Waals surface area contributed by atoms with Crippen LogP contribution in [0.25, 0.3) is 0 Å². The van der Waals surface area contributed by atoms with Crippen LogP contribution >= 0.6 is 27.5 Å². The van der Waals surface area contributed by atoms with Gasteiger partial charge in [-0.15, -0.1) is 0 Å². The fourth-order valence-corrected chi connectivity index (χ4v) is 2.58. The van der Waals surface area contributed by atoms with Crippen LogP contribution in [0.4, 0.5) is 5.69 Å². The second-order valence-corrected chi connectivity index (χ2v) is 6.33. The lowest BCUT2D eigenvalue weighted by molar-refractivity contribution is 0.0940. The van der Waals surface area contributed by atoms with Crippen LogP contribution in [-0.4, -0.2) is 11.9 Å². The van der Waals surface area contributed by atoms with Crippen molar-refractivity contribution >= 4 is 39.1 Å². The third-order valence-corrected chi connectivity index (χ3v) is 3.76. The number of rotatable bonds is 4. The van der Waals surface area contributed by atoms with Crippen molar-refractivity contribution in [3.63, 3.8) is 0 Å². The van der Waals surface area contributed by atoms with Gasteiger partial charge in [0.1, 0.15) is 0 Å². The highest BCUT2D eigenvalue weighted by molar-refractivity contribution is 9.10. The van der Waals surface area contributed by atoms with Crippen molar-refractivity contribution < 1.29 is 4.79 Å². The van der Waals surface area contributed by atoms with Gasteiger partial charge in [0.15, 0.2) is 0 Å². The molecule has 0 aliphatic heterocycles. The van der Waals surface area contributed by atoms with Gasteiger partial charge in [-0.25, -0.2) is 0 Å². The van der Waals surface area contributed by atoms with Crippen LogP contribution < -0.4 is 11.1 Å². The lowest BCUT2D eigenvalue weighted by atomic mass is 10.1. The Bertz CT molecular complexity index is 623. The lowest BCUT2D eigenvalue weighted by Crippen LogP contribution is -2.34. The highest BCUT2D eigenvalue weighted by Gasteiger charge is 2.11. The van der Waals surface area contributed by atoms with Gasteiger partial charge < -0.3 is 11.1 Å². The van der Waals surface area contributed by atoms with Crippen LogP contribution in [0.15, 0.2) is 46.9 Å². The molecule has 0 fully saturated rings. The van der Waals surface area contributed by atoms with Crippen LogP contribution in [0, 0.1) is 0 Å². The minimum Gasteiger partial charge on any atom is -0.399 e. The van der Waals surface area contributed by atoms with Gasteiger partial charge in [-0.3, -0.25) is 4.79 Å². The third-order valence-electron chi connectivity index (χ3n) is 3.01. The number of halogens is 2. The van der Waals surface area contributed by atoms with Crippen molar-refractivity contribution in [3.8, 4) is 0 Å². The minimum absolute atomic E-state index is 0.0129. The third kappa shape index (κ3) is 4.76. The number of amides is 1. The van der Waals surface area contributed by atoms with E-state index in [4.69, 9.17) is 17.3 Å². The van der Waals surface area contributed by atoms with E-state index in [1.54, 1.807) is 18.2 Å². The van der Waals surface area contributed by atoms with Crippen molar-refractivity contribution in [1.29, 1.82) is 0 Å². The molecular formula is C16H16BrClN2O. The molecule has 0 bridgehead atoms. The van der Waals surface area contributed by atoms with E-state index < -0.39 is 0 Å². The number of carbonyl (C=O) groups is 1. The summed E-state index contributed by atoms with van der Waals surface area (Å²) in [6.45, 7) is 1.97.